The van der Waals surface area contributed by atoms with Gasteiger partial charge in [-0.2, -0.15) is 0 Å². The summed E-state index contributed by atoms with van der Waals surface area (Å²) in [5, 5.41) is 0. The normalized spacial score (nSPS) is 24.6. The fraction of sp³-hybridized carbons (Fsp3) is 0.571. The second-order valence-corrected chi connectivity index (χ2v) is 5.96. The zero-order chi connectivity index (χ0) is 12.3. The molecule has 0 bridgehead atoms. The van der Waals surface area contributed by atoms with Crippen molar-refractivity contribution in [1.29, 1.82) is 0 Å². The number of hydrogen-bond acceptors (Lipinski definition) is 2. The molecule has 0 spiro atoms. The molecule has 3 heteroatoms. The maximum atomic E-state index is 6.18. The molecular weight excluding hydrogens is 325 g/mol. The molecule has 1 fully saturated rings. The predicted octanol–water partition coefficient (Wildman–Crippen LogP) is 4.22. The summed E-state index contributed by atoms with van der Waals surface area (Å²) in [5.41, 5.74) is 6.56. The van der Waals surface area contributed by atoms with Crippen LogP contribution in [-0.2, 0) is 0 Å². The van der Waals surface area contributed by atoms with E-state index >= 15 is 0 Å². The summed E-state index contributed by atoms with van der Waals surface area (Å²) >= 11 is 2.30. The third-order valence-electron chi connectivity index (χ3n) is 3.60. The van der Waals surface area contributed by atoms with Gasteiger partial charge in [0, 0.05) is 5.69 Å². The molecule has 0 aliphatic heterocycles. The summed E-state index contributed by atoms with van der Waals surface area (Å²) in [6.45, 7) is 2.26. The van der Waals surface area contributed by atoms with Crippen molar-refractivity contribution in [3.63, 3.8) is 0 Å². The van der Waals surface area contributed by atoms with E-state index in [0.29, 0.717) is 6.10 Å². The predicted molar refractivity (Wildman–Crippen MR) is 80.2 cm³/mol. The average molecular weight is 345 g/mol. The highest BCUT2D eigenvalue weighted by atomic mass is 127. The highest BCUT2D eigenvalue weighted by Crippen LogP contribution is 2.32. The number of halogens is 1. The van der Waals surface area contributed by atoms with Crippen molar-refractivity contribution in [3.05, 3.63) is 21.8 Å². The second kappa shape index (κ2) is 5.94. The van der Waals surface area contributed by atoms with Crippen molar-refractivity contribution in [2.45, 2.75) is 45.1 Å². The number of anilines is 1. The van der Waals surface area contributed by atoms with Gasteiger partial charge < -0.3 is 10.5 Å². The largest absolute Gasteiger partial charge is 0.489 e. The SMILES string of the molecule is CCC1CCCCC1Oc1ccc(N)cc1I. The van der Waals surface area contributed by atoms with Crippen molar-refractivity contribution in [2.24, 2.45) is 5.92 Å². The lowest BCUT2D eigenvalue weighted by Crippen LogP contribution is -2.30. The van der Waals surface area contributed by atoms with Gasteiger partial charge in [-0.15, -0.1) is 0 Å². The van der Waals surface area contributed by atoms with Crippen molar-refractivity contribution in [1.82, 2.24) is 0 Å². The van der Waals surface area contributed by atoms with E-state index in [1.165, 1.54) is 32.1 Å². The van der Waals surface area contributed by atoms with Crippen LogP contribution in [0.1, 0.15) is 39.0 Å². The molecule has 0 aromatic heterocycles. The molecule has 2 atom stereocenters. The zero-order valence-corrected chi connectivity index (χ0v) is 12.4. The maximum Gasteiger partial charge on any atom is 0.133 e. The Bertz CT molecular complexity index is 380. The molecule has 0 amide bonds. The first kappa shape index (κ1) is 13.0. The minimum absolute atomic E-state index is 0.394. The van der Waals surface area contributed by atoms with Crippen molar-refractivity contribution in [2.75, 3.05) is 5.73 Å². The minimum Gasteiger partial charge on any atom is -0.489 e. The number of nitrogens with two attached hydrogens (primary N) is 1. The number of ether oxygens (including phenoxy) is 1. The Labute approximate surface area is 117 Å². The molecule has 0 heterocycles. The number of benzene rings is 1. The third-order valence-corrected chi connectivity index (χ3v) is 4.44. The molecule has 1 aliphatic carbocycles. The quantitative estimate of drug-likeness (QED) is 0.658. The molecule has 94 valence electrons. The Hall–Kier alpha value is -0.450. The molecule has 0 saturated heterocycles. The van der Waals surface area contributed by atoms with Crippen LogP contribution in [0.2, 0.25) is 0 Å². The minimum atomic E-state index is 0.394. The van der Waals surface area contributed by atoms with Crippen molar-refractivity contribution >= 4 is 28.3 Å². The highest BCUT2D eigenvalue weighted by molar-refractivity contribution is 14.1. The summed E-state index contributed by atoms with van der Waals surface area (Å²) in [7, 11) is 0. The van der Waals surface area contributed by atoms with Gasteiger partial charge in [0.05, 0.1) is 3.57 Å². The molecule has 2 rings (SSSR count). The molecule has 0 radical (unpaired) electrons. The monoisotopic (exact) mass is 345 g/mol. The maximum absolute atomic E-state index is 6.18. The van der Waals surface area contributed by atoms with Gasteiger partial charge in [0.1, 0.15) is 11.9 Å². The highest BCUT2D eigenvalue weighted by Gasteiger charge is 2.25. The van der Waals surface area contributed by atoms with Crippen molar-refractivity contribution in [3.8, 4) is 5.75 Å². The number of hydrogen-bond donors (Lipinski definition) is 1. The molecular formula is C14H20INO. The van der Waals surface area contributed by atoms with E-state index in [1.54, 1.807) is 0 Å². The Morgan fingerprint density at radius 2 is 2.12 bits per heavy atom. The van der Waals surface area contributed by atoms with Gasteiger partial charge in [-0.3, -0.25) is 0 Å². The van der Waals surface area contributed by atoms with Crippen LogP contribution in [0.3, 0.4) is 0 Å². The molecule has 1 aromatic rings. The van der Waals surface area contributed by atoms with Gasteiger partial charge in [0.25, 0.3) is 0 Å². The number of rotatable bonds is 3. The summed E-state index contributed by atoms with van der Waals surface area (Å²) in [5.74, 6) is 1.71. The van der Waals surface area contributed by atoms with Crippen LogP contribution in [0.15, 0.2) is 18.2 Å². The van der Waals surface area contributed by atoms with E-state index in [4.69, 9.17) is 10.5 Å². The molecule has 2 nitrogen and oxygen atoms in total. The molecule has 17 heavy (non-hydrogen) atoms. The first-order valence-electron chi connectivity index (χ1n) is 6.42. The number of nitrogen functional groups attached to an aromatic ring is 1. The van der Waals surface area contributed by atoms with Crippen LogP contribution < -0.4 is 10.5 Å². The van der Waals surface area contributed by atoms with E-state index in [1.807, 2.05) is 18.2 Å². The molecule has 1 saturated carbocycles. The Balaban J connectivity index is 2.08. The van der Waals surface area contributed by atoms with Gasteiger partial charge in [-0.05, 0) is 72.4 Å². The summed E-state index contributed by atoms with van der Waals surface area (Å²) in [6.07, 6.45) is 6.78. The van der Waals surface area contributed by atoms with Gasteiger partial charge in [-0.25, -0.2) is 0 Å². The van der Waals surface area contributed by atoms with E-state index in [2.05, 4.69) is 29.5 Å². The second-order valence-electron chi connectivity index (χ2n) is 4.80. The summed E-state index contributed by atoms with van der Waals surface area (Å²) in [6, 6.07) is 5.89. The summed E-state index contributed by atoms with van der Waals surface area (Å²) < 4.78 is 7.30. The van der Waals surface area contributed by atoms with Gasteiger partial charge >= 0.3 is 0 Å². The van der Waals surface area contributed by atoms with Crippen LogP contribution in [-0.4, -0.2) is 6.10 Å². The first-order valence-corrected chi connectivity index (χ1v) is 7.50. The van der Waals surface area contributed by atoms with E-state index < -0.39 is 0 Å². The van der Waals surface area contributed by atoms with Crippen LogP contribution in [0.5, 0.6) is 5.75 Å². The zero-order valence-electron chi connectivity index (χ0n) is 10.3. The lowest BCUT2D eigenvalue weighted by Gasteiger charge is -2.31. The van der Waals surface area contributed by atoms with E-state index in [0.717, 1.165) is 20.9 Å². The van der Waals surface area contributed by atoms with Crippen LogP contribution in [0, 0.1) is 9.49 Å². The van der Waals surface area contributed by atoms with Gasteiger partial charge in [-0.1, -0.05) is 13.3 Å². The summed E-state index contributed by atoms with van der Waals surface area (Å²) in [4.78, 5) is 0. The van der Waals surface area contributed by atoms with E-state index in [-0.39, 0.29) is 0 Å². The Morgan fingerprint density at radius 1 is 1.35 bits per heavy atom. The van der Waals surface area contributed by atoms with Crippen LogP contribution >= 0.6 is 22.6 Å². The Morgan fingerprint density at radius 3 is 2.82 bits per heavy atom. The Kier molecular flexibility index (Phi) is 4.54. The molecule has 2 N–H and O–H groups in total. The molecule has 2 unspecified atom stereocenters. The standard InChI is InChI=1S/C14H20INO/c1-2-10-5-3-4-6-13(10)17-14-8-7-11(16)9-12(14)15/h7-10,13H,2-6,16H2,1H3. The van der Waals surface area contributed by atoms with Gasteiger partial charge in [0.2, 0.25) is 0 Å². The lowest BCUT2D eigenvalue weighted by atomic mass is 9.85. The molecule has 1 aromatic carbocycles. The van der Waals surface area contributed by atoms with E-state index in [9.17, 15) is 0 Å². The smallest absolute Gasteiger partial charge is 0.133 e. The van der Waals surface area contributed by atoms with Gasteiger partial charge in [0.15, 0.2) is 0 Å². The lowest BCUT2D eigenvalue weighted by molar-refractivity contribution is 0.0896. The fourth-order valence-electron chi connectivity index (χ4n) is 2.57. The first-order chi connectivity index (χ1) is 8.20. The van der Waals surface area contributed by atoms with Crippen LogP contribution in [0.25, 0.3) is 0 Å². The average Bonchev–Trinajstić information content (AvgIpc) is 2.33. The third kappa shape index (κ3) is 3.27. The van der Waals surface area contributed by atoms with Crippen LogP contribution in [0.4, 0.5) is 5.69 Å². The van der Waals surface area contributed by atoms with Crippen molar-refractivity contribution < 1.29 is 4.74 Å². The topological polar surface area (TPSA) is 35.2 Å². The fourth-order valence-corrected chi connectivity index (χ4v) is 3.24. The molecule has 1 aliphatic rings.